The summed E-state index contributed by atoms with van der Waals surface area (Å²) in [6.45, 7) is 5.76. The Hall–Kier alpha value is -2.44. The average Bonchev–Trinajstić information content (AvgIpc) is 2.98. The number of aromatic nitrogens is 3. The zero-order chi connectivity index (χ0) is 18.5. The minimum atomic E-state index is -0.646. The second-order valence-corrected chi connectivity index (χ2v) is 8.32. The molecule has 3 heterocycles. The third-order valence-corrected chi connectivity index (χ3v) is 5.25. The summed E-state index contributed by atoms with van der Waals surface area (Å²) in [6.07, 6.45) is 7.80. The van der Waals surface area contributed by atoms with Gasteiger partial charge in [0, 0.05) is 11.6 Å². The van der Waals surface area contributed by atoms with Crippen molar-refractivity contribution in [2.75, 3.05) is 6.54 Å². The highest BCUT2D eigenvalue weighted by Crippen LogP contribution is 2.42. The molecule has 2 aromatic rings. The van der Waals surface area contributed by atoms with Crippen molar-refractivity contribution in [3.63, 3.8) is 0 Å². The Morgan fingerprint density at radius 2 is 1.96 bits per heavy atom. The summed E-state index contributed by atoms with van der Waals surface area (Å²) in [7, 11) is 0. The Kier molecular flexibility index (Phi) is 3.78. The topological polar surface area (TPSA) is 77.3 Å². The number of carbonyl (C=O) groups is 2. The van der Waals surface area contributed by atoms with Crippen LogP contribution in [0.15, 0.2) is 18.6 Å². The standard InChI is InChI=1S/C19H24N4O3/c1-18(2,3)26-17(25)22-11-19(7-5-4-6-8-19)23-14(16(22)24)9-13-10-20-12-21-15(13)23/h9-10,12H,4-8,11H2,1-3H3. The van der Waals surface area contributed by atoms with E-state index in [-0.39, 0.29) is 11.4 Å². The first-order chi connectivity index (χ1) is 12.3. The monoisotopic (exact) mass is 356 g/mol. The number of rotatable bonds is 0. The molecule has 0 N–H and O–H groups in total. The minimum absolute atomic E-state index is 0.311. The van der Waals surface area contributed by atoms with Gasteiger partial charge in [0.15, 0.2) is 0 Å². The lowest BCUT2D eigenvalue weighted by molar-refractivity contribution is 0.00756. The van der Waals surface area contributed by atoms with Crippen molar-refractivity contribution in [1.82, 2.24) is 19.4 Å². The molecule has 138 valence electrons. The van der Waals surface area contributed by atoms with Crippen molar-refractivity contribution in [2.45, 2.75) is 64.0 Å². The molecule has 2 aliphatic rings. The molecule has 0 unspecified atom stereocenters. The molecule has 0 aromatic carbocycles. The summed E-state index contributed by atoms with van der Waals surface area (Å²) in [5.74, 6) is -0.326. The van der Waals surface area contributed by atoms with Crippen LogP contribution in [-0.4, -0.2) is 43.6 Å². The minimum Gasteiger partial charge on any atom is -0.443 e. The highest BCUT2D eigenvalue weighted by atomic mass is 16.6. The number of hydrogen-bond donors (Lipinski definition) is 0. The summed E-state index contributed by atoms with van der Waals surface area (Å²) in [5.41, 5.74) is 0.315. The zero-order valence-electron chi connectivity index (χ0n) is 15.5. The fourth-order valence-corrected chi connectivity index (χ4v) is 4.22. The fraction of sp³-hybridized carbons (Fsp3) is 0.579. The molecule has 1 spiro atoms. The van der Waals surface area contributed by atoms with Crippen LogP contribution < -0.4 is 0 Å². The lowest BCUT2D eigenvalue weighted by Gasteiger charge is -2.46. The molecule has 26 heavy (non-hydrogen) atoms. The second-order valence-electron chi connectivity index (χ2n) is 8.32. The predicted octanol–water partition coefficient (Wildman–Crippen LogP) is 3.48. The summed E-state index contributed by atoms with van der Waals surface area (Å²) >= 11 is 0. The van der Waals surface area contributed by atoms with Crippen LogP contribution in [0.4, 0.5) is 4.79 Å². The molecule has 0 radical (unpaired) electrons. The predicted molar refractivity (Wildman–Crippen MR) is 95.9 cm³/mol. The van der Waals surface area contributed by atoms with Crippen molar-refractivity contribution in [2.24, 2.45) is 0 Å². The molecular formula is C19H24N4O3. The third kappa shape index (κ3) is 2.66. The van der Waals surface area contributed by atoms with Crippen molar-refractivity contribution >= 4 is 23.0 Å². The van der Waals surface area contributed by atoms with Crippen molar-refractivity contribution in [3.8, 4) is 0 Å². The first-order valence-corrected chi connectivity index (χ1v) is 9.18. The molecule has 7 heteroatoms. The van der Waals surface area contributed by atoms with Gasteiger partial charge in [-0.25, -0.2) is 19.7 Å². The van der Waals surface area contributed by atoms with E-state index in [4.69, 9.17) is 4.74 Å². The highest BCUT2D eigenvalue weighted by molar-refractivity contribution is 6.05. The molecule has 1 fully saturated rings. The van der Waals surface area contributed by atoms with E-state index >= 15 is 0 Å². The summed E-state index contributed by atoms with van der Waals surface area (Å²) in [4.78, 5) is 35.6. The lowest BCUT2D eigenvalue weighted by Crippen LogP contribution is -2.56. The van der Waals surface area contributed by atoms with Crippen LogP contribution in [-0.2, 0) is 10.3 Å². The van der Waals surface area contributed by atoms with Crippen LogP contribution in [0, 0.1) is 0 Å². The molecule has 2 amide bonds. The number of carbonyl (C=O) groups excluding carboxylic acids is 2. The van der Waals surface area contributed by atoms with Gasteiger partial charge in [0.1, 0.15) is 23.3 Å². The van der Waals surface area contributed by atoms with Crippen LogP contribution in [0.2, 0.25) is 0 Å². The second kappa shape index (κ2) is 5.79. The van der Waals surface area contributed by atoms with E-state index in [0.29, 0.717) is 12.2 Å². The number of fused-ring (bicyclic) bond motifs is 4. The van der Waals surface area contributed by atoms with Gasteiger partial charge in [0.25, 0.3) is 5.91 Å². The maximum Gasteiger partial charge on any atom is 0.417 e. The van der Waals surface area contributed by atoms with Crippen molar-refractivity contribution in [1.29, 1.82) is 0 Å². The van der Waals surface area contributed by atoms with E-state index in [1.165, 1.54) is 17.6 Å². The van der Waals surface area contributed by atoms with Crippen LogP contribution >= 0.6 is 0 Å². The van der Waals surface area contributed by atoms with Crippen LogP contribution in [0.25, 0.3) is 11.0 Å². The summed E-state index contributed by atoms with van der Waals surface area (Å²) in [6, 6.07) is 1.80. The summed E-state index contributed by atoms with van der Waals surface area (Å²) in [5, 5.41) is 0.826. The van der Waals surface area contributed by atoms with Gasteiger partial charge in [0.2, 0.25) is 0 Å². The molecule has 2 aromatic heterocycles. The molecule has 0 bridgehead atoms. The molecule has 7 nitrogen and oxygen atoms in total. The Morgan fingerprint density at radius 3 is 2.65 bits per heavy atom. The average molecular weight is 356 g/mol. The van der Waals surface area contributed by atoms with Gasteiger partial charge in [-0.15, -0.1) is 0 Å². The van der Waals surface area contributed by atoms with Gasteiger partial charge < -0.3 is 9.30 Å². The number of amides is 2. The van der Waals surface area contributed by atoms with E-state index in [0.717, 1.165) is 36.7 Å². The number of hydrogen-bond acceptors (Lipinski definition) is 5. The van der Waals surface area contributed by atoms with Crippen LogP contribution in [0.1, 0.15) is 63.4 Å². The van der Waals surface area contributed by atoms with Gasteiger partial charge in [-0.2, -0.15) is 0 Å². The van der Waals surface area contributed by atoms with E-state index < -0.39 is 11.7 Å². The van der Waals surface area contributed by atoms with E-state index in [1.807, 2.05) is 20.8 Å². The molecule has 0 atom stereocenters. The molecule has 4 rings (SSSR count). The van der Waals surface area contributed by atoms with Crippen molar-refractivity contribution in [3.05, 3.63) is 24.3 Å². The largest absolute Gasteiger partial charge is 0.443 e. The van der Waals surface area contributed by atoms with Gasteiger partial charge in [-0.1, -0.05) is 19.3 Å². The van der Waals surface area contributed by atoms with E-state index in [2.05, 4.69) is 14.5 Å². The van der Waals surface area contributed by atoms with Gasteiger partial charge in [0.05, 0.1) is 12.1 Å². The highest BCUT2D eigenvalue weighted by Gasteiger charge is 2.47. The van der Waals surface area contributed by atoms with Gasteiger partial charge >= 0.3 is 6.09 Å². The van der Waals surface area contributed by atoms with E-state index in [9.17, 15) is 9.59 Å². The molecule has 1 aliphatic carbocycles. The quantitative estimate of drug-likeness (QED) is 0.722. The SMILES string of the molecule is CC(C)(C)OC(=O)N1CC2(CCCCC2)n2c(cc3cncnc32)C1=O. The first kappa shape index (κ1) is 17.0. The number of imide groups is 1. The van der Waals surface area contributed by atoms with Crippen LogP contribution in [0.3, 0.4) is 0 Å². The molecular weight excluding hydrogens is 332 g/mol. The number of nitrogens with zero attached hydrogens (tertiary/aromatic N) is 4. The van der Waals surface area contributed by atoms with Crippen molar-refractivity contribution < 1.29 is 14.3 Å². The Balaban J connectivity index is 1.84. The molecule has 1 saturated carbocycles. The first-order valence-electron chi connectivity index (χ1n) is 9.18. The molecule has 0 saturated heterocycles. The third-order valence-electron chi connectivity index (χ3n) is 5.25. The number of ether oxygens (including phenoxy) is 1. The smallest absolute Gasteiger partial charge is 0.417 e. The molecule has 1 aliphatic heterocycles. The summed E-state index contributed by atoms with van der Waals surface area (Å²) < 4.78 is 7.56. The maximum absolute atomic E-state index is 13.1. The van der Waals surface area contributed by atoms with Gasteiger partial charge in [-0.3, -0.25) is 4.79 Å². The normalized spacial score (nSPS) is 19.7. The Labute approximate surface area is 152 Å². The Morgan fingerprint density at radius 1 is 1.23 bits per heavy atom. The Bertz CT molecular complexity index is 875. The lowest BCUT2D eigenvalue weighted by atomic mass is 9.79. The van der Waals surface area contributed by atoms with E-state index in [1.54, 1.807) is 12.3 Å². The zero-order valence-corrected chi connectivity index (χ0v) is 15.5. The van der Waals surface area contributed by atoms with Crippen LogP contribution in [0.5, 0.6) is 0 Å². The maximum atomic E-state index is 13.1. The van der Waals surface area contributed by atoms with Gasteiger partial charge in [-0.05, 0) is 39.7 Å². The fourth-order valence-electron chi connectivity index (χ4n) is 4.22.